The van der Waals surface area contributed by atoms with Gasteiger partial charge in [-0.1, -0.05) is 19.1 Å². The van der Waals surface area contributed by atoms with Crippen LogP contribution in [0.5, 0.6) is 0 Å². The first kappa shape index (κ1) is 15.0. The number of benzene rings is 1. The van der Waals surface area contributed by atoms with E-state index in [2.05, 4.69) is 34.7 Å². The van der Waals surface area contributed by atoms with Gasteiger partial charge in [-0.05, 0) is 41.8 Å². The molecule has 1 heterocycles. The van der Waals surface area contributed by atoms with Crippen LogP contribution in [-0.2, 0) is 17.8 Å². The molecule has 110 valence electrons. The van der Waals surface area contributed by atoms with E-state index >= 15 is 0 Å². The number of nitrogens with zero attached hydrogens (tertiary/aromatic N) is 1. The number of pyridine rings is 1. The number of hydrogen-bond donors (Lipinski definition) is 2. The molecule has 1 aromatic carbocycles. The first-order valence-electron chi connectivity index (χ1n) is 7.26. The summed E-state index contributed by atoms with van der Waals surface area (Å²) in [5, 5.41) is 6.15. The van der Waals surface area contributed by atoms with Gasteiger partial charge in [-0.15, -0.1) is 0 Å². The molecule has 0 fully saturated rings. The molecule has 0 bridgehead atoms. The summed E-state index contributed by atoms with van der Waals surface area (Å²) in [6.07, 6.45) is 4.95. The van der Waals surface area contributed by atoms with Crippen molar-refractivity contribution < 1.29 is 4.79 Å². The lowest BCUT2D eigenvalue weighted by Crippen LogP contribution is -2.24. The molecule has 0 unspecified atom stereocenters. The second-order valence-corrected chi connectivity index (χ2v) is 4.86. The molecule has 2 N–H and O–H groups in total. The maximum atomic E-state index is 11.7. The smallest absolute Gasteiger partial charge is 0.222 e. The van der Waals surface area contributed by atoms with E-state index < -0.39 is 0 Å². The summed E-state index contributed by atoms with van der Waals surface area (Å²) in [6.45, 7) is 3.32. The summed E-state index contributed by atoms with van der Waals surface area (Å²) < 4.78 is 0. The Morgan fingerprint density at radius 2 is 1.76 bits per heavy atom. The van der Waals surface area contributed by atoms with E-state index in [1.165, 1.54) is 5.56 Å². The molecule has 2 aromatic rings. The van der Waals surface area contributed by atoms with Crippen LogP contribution in [-0.4, -0.2) is 17.4 Å². The number of carbonyl (C=O) groups is 1. The Labute approximate surface area is 125 Å². The number of carbonyl (C=O) groups excluding carboxylic acids is 1. The predicted octanol–water partition coefficient (Wildman–Crippen LogP) is 2.76. The monoisotopic (exact) mass is 283 g/mol. The van der Waals surface area contributed by atoms with Gasteiger partial charge in [0.1, 0.15) is 0 Å². The number of nitrogens with one attached hydrogen (secondary N) is 2. The van der Waals surface area contributed by atoms with E-state index in [0.717, 1.165) is 17.7 Å². The minimum atomic E-state index is 0.0458. The second kappa shape index (κ2) is 8.04. The average molecular weight is 283 g/mol. The van der Waals surface area contributed by atoms with E-state index in [-0.39, 0.29) is 5.91 Å². The van der Waals surface area contributed by atoms with E-state index in [4.69, 9.17) is 0 Å². The van der Waals surface area contributed by atoms with E-state index in [1.54, 1.807) is 12.4 Å². The summed E-state index contributed by atoms with van der Waals surface area (Å²) in [5.41, 5.74) is 3.42. The Hall–Kier alpha value is -2.36. The Morgan fingerprint density at radius 3 is 2.43 bits per heavy atom. The van der Waals surface area contributed by atoms with Gasteiger partial charge < -0.3 is 10.6 Å². The minimum absolute atomic E-state index is 0.0458. The molecule has 4 nitrogen and oxygen atoms in total. The summed E-state index contributed by atoms with van der Waals surface area (Å²) in [6, 6.07) is 12.1. The molecule has 21 heavy (non-hydrogen) atoms. The van der Waals surface area contributed by atoms with Gasteiger partial charge in [0.2, 0.25) is 5.91 Å². The Morgan fingerprint density at radius 1 is 1.05 bits per heavy atom. The zero-order chi connectivity index (χ0) is 14.9. The molecule has 0 radical (unpaired) electrons. The van der Waals surface area contributed by atoms with Gasteiger partial charge in [0.15, 0.2) is 0 Å². The van der Waals surface area contributed by atoms with Crippen molar-refractivity contribution in [1.29, 1.82) is 0 Å². The van der Waals surface area contributed by atoms with Crippen molar-refractivity contribution in [1.82, 2.24) is 10.3 Å². The molecule has 0 saturated carbocycles. The highest BCUT2D eigenvalue weighted by molar-refractivity contribution is 5.76. The number of rotatable bonds is 7. The van der Waals surface area contributed by atoms with Gasteiger partial charge in [0, 0.05) is 37.6 Å². The number of aromatic nitrogens is 1. The van der Waals surface area contributed by atoms with Crippen LogP contribution in [0.3, 0.4) is 0 Å². The molecule has 0 spiro atoms. The molecule has 1 aromatic heterocycles. The van der Waals surface area contributed by atoms with Crippen LogP contribution < -0.4 is 10.6 Å². The van der Waals surface area contributed by atoms with Gasteiger partial charge in [0.25, 0.3) is 0 Å². The molecular formula is C17H21N3O. The van der Waals surface area contributed by atoms with Crippen LogP contribution >= 0.6 is 0 Å². The topological polar surface area (TPSA) is 54.0 Å². The molecule has 0 aliphatic rings. The Kier molecular flexibility index (Phi) is 5.76. The highest BCUT2D eigenvalue weighted by Crippen LogP contribution is 2.09. The van der Waals surface area contributed by atoms with Crippen LogP contribution in [0.15, 0.2) is 48.8 Å². The summed E-state index contributed by atoms with van der Waals surface area (Å²) in [4.78, 5) is 15.7. The lowest BCUT2D eigenvalue weighted by atomic mass is 10.1. The number of amides is 1. The van der Waals surface area contributed by atoms with Crippen LogP contribution in [0.4, 0.5) is 5.69 Å². The molecule has 0 atom stereocenters. The molecule has 1 amide bonds. The van der Waals surface area contributed by atoms with Gasteiger partial charge in [-0.2, -0.15) is 0 Å². The van der Waals surface area contributed by atoms with E-state index in [9.17, 15) is 4.79 Å². The highest BCUT2D eigenvalue weighted by Gasteiger charge is 2.01. The van der Waals surface area contributed by atoms with Crippen molar-refractivity contribution in [3.05, 3.63) is 59.9 Å². The summed E-state index contributed by atoms with van der Waals surface area (Å²) >= 11 is 0. The lowest BCUT2D eigenvalue weighted by Gasteiger charge is -2.08. The van der Waals surface area contributed by atoms with Crippen LogP contribution in [0.25, 0.3) is 0 Å². The highest BCUT2D eigenvalue weighted by atomic mass is 16.1. The first-order chi connectivity index (χ1) is 10.3. The lowest BCUT2D eigenvalue weighted by molar-refractivity contribution is -0.121. The SMILES string of the molecule is CCc1ccc(NCCC(=O)NCc2ccncc2)cc1. The standard InChI is InChI=1S/C17H21N3O/c1-2-14-3-5-16(6-4-14)19-12-9-17(21)20-13-15-7-10-18-11-8-15/h3-8,10-11,19H,2,9,12-13H2,1H3,(H,20,21). The minimum Gasteiger partial charge on any atom is -0.385 e. The zero-order valence-electron chi connectivity index (χ0n) is 12.3. The third-order valence-electron chi connectivity index (χ3n) is 3.28. The third-order valence-corrected chi connectivity index (χ3v) is 3.28. The van der Waals surface area contributed by atoms with Crippen molar-refractivity contribution in [2.75, 3.05) is 11.9 Å². The molecule has 4 heteroatoms. The van der Waals surface area contributed by atoms with E-state index in [0.29, 0.717) is 19.5 Å². The van der Waals surface area contributed by atoms with Crippen molar-refractivity contribution in [3.8, 4) is 0 Å². The van der Waals surface area contributed by atoms with Gasteiger partial charge >= 0.3 is 0 Å². The number of anilines is 1. The fraction of sp³-hybridized carbons (Fsp3) is 0.294. The summed E-state index contributed by atoms with van der Waals surface area (Å²) in [7, 11) is 0. The maximum absolute atomic E-state index is 11.7. The second-order valence-electron chi connectivity index (χ2n) is 4.86. The van der Waals surface area contributed by atoms with Crippen LogP contribution in [0.1, 0.15) is 24.5 Å². The maximum Gasteiger partial charge on any atom is 0.222 e. The Balaban J connectivity index is 1.66. The normalized spacial score (nSPS) is 10.1. The van der Waals surface area contributed by atoms with Crippen molar-refractivity contribution in [2.24, 2.45) is 0 Å². The fourth-order valence-corrected chi connectivity index (χ4v) is 1.97. The molecule has 0 aliphatic carbocycles. The fourth-order valence-electron chi connectivity index (χ4n) is 1.97. The van der Waals surface area contributed by atoms with Gasteiger partial charge in [0.05, 0.1) is 0 Å². The zero-order valence-corrected chi connectivity index (χ0v) is 12.3. The van der Waals surface area contributed by atoms with E-state index in [1.807, 2.05) is 24.3 Å². The first-order valence-corrected chi connectivity index (χ1v) is 7.26. The van der Waals surface area contributed by atoms with Crippen LogP contribution in [0, 0.1) is 0 Å². The molecule has 0 saturated heterocycles. The molecule has 2 rings (SSSR count). The van der Waals surface area contributed by atoms with Crippen molar-refractivity contribution >= 4 is 11.6 Å². The predicted molar refractivity (Wildman–Crippen MR) is 85.0 cm³/mol. The van der Waals surface area contributed by atoms with Crippen LogP contribution in [0.2, 0.25) is 0 Å². The molecular weight excluding hydrogens is 262 g/mol. The Bertz CT molecular complexity index is 552. The number of hydrogen-bond acceptors (Lipinski definition) is 3. The number of aryl methyl sites for hydroxylation is 1. The van der Waals surface area contributed by atoms with Crippen molar-refractivity contribution in [3.63, 3.8) is 0 Å². The third kappa shape index (κ3) is 5.26. The van der Waals surface area contributed by atoms with Gasteiger partial charge in [-0.25, -0.2) is 0 Å². The average Bonchev–Trinajstić information content (AvgIpc) is 2.54. The van der Waals surface area contributed by atoms with Crippen molar-refractivity contribution in [2.45, 2.75) is 26.3 Å². The largest absolute Gasteiger partial charge is 0.385 e. The quantitative estimate of drug-likeness (QED) is 0.821. The summed E-state index contributed by atoms with van der Waals surface area (Å²) in [5.74, 6) is 0.0458. The van der Waals surface area contributed by atoms with Gasteiger partial charge in [-0.3, -0.25) is 9.78 Å². The molecule has 0 aliphatic heterocycles.